The van der Waals surface area contributed by atoms with Crippen molar-refractivity contribution >= 4 is 23.2 Å². The molecular weight excluding hydrogens is 590 g/mol. The molecule has 0 spiro atoms. The molecular formula is C43H69N3O2. The SMILES string of the molecule is C=CC(=C)CN(CCOC(C)C(=C)c1ccccc1NCCN1CCCCC1)c1cc(C=O)ccc1C(C)C(CC)CCC.CC.CC. The standard InChI is InChI=1S/C39H57N3O2.2C2H6/c1-8-16-35(10-3)32(6)37-20-19-34(29-43)27-39(37)42(28-30(4)9-2)25-26-44-33(7)31(5)36-17-12-13-18-38(36)40-21-24-41-22-14-11-15-23-41;2*1-2/h9,12-13,17-20,27,29,32-33,35,40H,2,4-5,8,10-11,14-16,21-26,28H2,1,3,6-7H3;2*1-2H3. The molecule has 2 aromatic carbocycles. The average molecular weight is 660 g/mol. The Morgan fingerprint density at radius 3 is 2.33 bits per heavy atom. The molecule has 48 heavy (non-hydrogen) atoms. The number of likely N-dealkylation sites (tertiary alicyclic amines) is 1. The van der Waals surface area contributed by atoms with Gasteiger partial charge in [-0.2, -0.15) is 0 Å². The van der Waals surface area contributed by atoms with Crippen molar-refractivity contribution in [2.75, 3.05) is 56.1 Å². The van der Waals surface area contributed by atoms with E-state index in [2.05, 4.69) is 92.9 Å². The summed E-state index contributed by atoms with van der Waals surface area (Å²) in [5.74, 6) is 0.951. The van der Waals surface area contributed by atoms with Crippen LogP contribution in [-0.4, -0.2) is 63.2 Å². The fourth-order valence-electron chi connectivity index (χ4n) is 6.43. The Kier molecular flexibility index (Phi) is 22.3. The number of nitrogens with one attached hydrogen (secondary N) is 1. The molecule has 268 valence electrons. The van der Waals surface area contributed by atoms with E-state index in [9.17, 15) is 4.79 Å². The molecule has 1 fully saturated rings. The van der Waals surface area contributed by atoms with E-state index < -0.39 is 0 Å². The third-order valence-corrected chi connectivity index (χ3v) is 9.28. The van der Waals surface area contributed by atoms with E-state index in [-0.39, 0.29) is 6.10 Å². The van der Waals surface area contributed by atoms with Gasteiger partial charge in [-0.25, -0.2) is 0 Å². The lowest BCUT2D eigenvalue weighted by molar-refractivity contribution is 0.110. The third kappa shape index (κ3) is 13.8. The van der Waals surface area contributed by atoms with E-state index in [1.807, 2.05) is 45.9 Å². The lowest BCUT2D eigenvalue weighted by Gasteiger charge is -2.32. The van der Waals surface area contributed by atoms with Crippen molar-refractivity contribution in [3.63, 3.8) is 0 Å². The largest absolute Gasteiger partial charge is 0.383 e. The summed E-state index contributed by atoms with van der Waals surface area (Å²) in [5.41, 5.74) is 7.15. The molecule has 0 radical (unpaired) electrons. The normalized spacial score (nSPS) is 14.6. The van der Waals surface area contributed by atoms with Crippen molar-refractivity contribution in [2.45, 2.75) is 106 Å². The van der Waals surface area contributed by atoms with Gasteiger partial charge < -0.3 is 19.9 Å². The van der Waals surface area contributed by atoms with Gasteiger partial charge in [0, 0.05) is 48.7 Å². The average Bonchev–Trinajstić information content (AvgIpc) is 3.14. The van der Waals surface area contributed by atoms with E-state index >= 15 is 0 Å². The van der Waals surface area contributed by atoms with E-state index in [1.54, 1.807) is 0 Å². The number of aldehydes is 1. The second kappa shape index (κ2) is 24.9. The molecule has 0 aromatic heterocycles. The number of carbonyl (C=O) groups excluding carboxylic acids is 1. The minimum absolute atomic E-state index is 0.154. The Balaban J connectivity index is 0.00000277. The highest BCUT2D eigenvalue weighted by molar-refractivity contribution is 5.79. The van der Waals surface area contributed by atoms with Crippen LogP contribution in [-0.2, 0) is 4.74 Å². The van der Waals surface area contributed by atoms with Crippen molar-refractivity contribution in [1.29, 1.82) is 0 Å². The maximum atomic E-state index is 11.8. The second-order valence-electron chi connectivity index (χ2n) is 12.4. The molecule has 3 atom stereocenters. The summed E-state index contributed by atoms with van der Waals surface area (Å²) in [7, 11) is 0. The molecule has 2 aromatic rings. The van der Waals surface area contributed by atoms with E-state index in [0.29, 0.717) is 37.1 Å². The van der Waals surface area contributed by atoms with Gasteiger partial charge in [-0.15, -0.1) is 0 Å². The molecule has 5 heteroatoms. The summed E-state index contributed by atoms with van der Waals surface area (Å²) in [6, 6.07) is 14.5. The quantitative estimate of drug-likeness (QED) is 0.113. The van der Waals surface area contributed by atoms with Gasteiger partial charge in [-0.1, -0.05) is 130 Å². The fourth-order valence-corrected chi connectivity index (χ4v) is 6.43. The summed E-state index contributed by atoms with van der Waals surface area (Å²) in [4.78, 5) is 16.7. The van der Waals surface area contributed by atoms with Crippen molar-refractivity contribution < 1.29 is 9.53 Å². The van der Waals surface area contributed by atoms with Gasteiger partial charge in [-0.3, -0.25) is 4.79 Å². The topological polar surface area (TPSA) is 44.8 Å². The van der Waals surface area contributed by atoms with Gasteiger partial charge >= 0.3 is 0 Å². The van der Waals surface area contributed by atoms with Crippen LogP contribution in [0.5, 0.6) is 0 Å². The van der Waals surface area contributed by atoms with Crippen LogP contribution in [0.4, 0.5) is 11.4 Å². The second-order valence-corrected chi connectivity index (χ2v) is 12.4. The van der Waals surface area contributed by atoms with Crippen LogP contribution in [0, 0.1) is 5.92 Å². The van der Waals surface area contributed by atoms with Crippen molar-refractivity contribution in [3.8, 4) is 0 Å². The Labute approximate surface area is 295 Å². The number of carbonyl (C=O) groups is 1. The molecule has 0 amide bonds. The van der Waals surface area contributed by atoms with Gasteiger partial charge in [0.05, 0.1) is 12.7 Å². The van der Waals surface area contributed by atoms with Crippen molar-refractivity contribution in [1.82, 2.24) is 4.90 Å². The number of nitrogens with zero attached hydrogens (tertiary/aromatic N) is 2. The first kappa shape index (κ1) is 42.9. The maximum absolute atomic E-state index is 11.8. The van der Waals surface area contributed by atoms with Gasteiger partial charge in [0.25, 0.3) is 0 Å². The highest BCUT2D eigenvalue weighted by Crippen LogP contribution is 2.37. The number of rotatable bonds is 20. The van der Waals surface area contributed by atoms with Crippen LogP contribution in [0.2, 0.25) is 0 Å². The molecule has 3 unspecified atom stereocenters. The van der Waals surface area contributed by atoms with Crippen LogP contribution in [0.25, 0.3) is 5.57 Å². The smallest absolute Gasteiger partial charge is 0.150 e. The summed E-state index contributed by atoms with van der Waals surface area (Å²) in [6.07, 6.45) is 10.0. The Bertz CT molecular complexity index is 1220. The first-order chi connectivity index (χ1) is 23.3. The zero-order valence-electron chi connectivity index (χ0n) is 32.0. The molecule has 1 heterocycles. The number of benzene rings is 2. The number of hydrogen-bond donors (Lipinski definition) is 1. The fraction of sp³-hybridized carbons (Fsp3) is 0.558. The molecule has 0 saturated carbocycles. The molecule has 5 nitrogen and oxygen atoms in total. The van der Waals surface area contributed by atoms with E-state index in [4.69, 9.17) is 4.74 Å². The summed E-state index contributed by atoms with van der Waals surface area (Å²) in [5, 5.41) is 3.66. The number of anilines is 2. The van der Waals surface area contributed by atoms with Crippen molar-refractivity contribution in [2.24, 2.45) is 5.92 Å². The van der Waals surface area contributed by atoms with Crippen molar-refractivity contribution in [3.05, 3.63) is 90.5 Å². The highest BCUT2D eigenvalue weighted by Gasteiger charge is 2.23. The zero-order valence-corrected chi connectivity index (χ0v) is 32.0. The van der Waals surface area contributed by atoms with Crippen LogP contribution in [0.3, 0.4) is 0 Å². The highest BCUT2D eigenvalue weighted by atomic mass is 16.5. The van der Waals surface area contributed by atoms with Crippen LogP contribution in [0.15, 0.2) is 73.9 Å². The third-order valence-electron chi connectivity index (χ3n) is 9.28. The van der Waals surface area contributed by atoms with Gasteiger partial charge in [-0.05, 0) is 73.5 Å². The van der Waals surface area contributed by atoms with Gasteiger partial charge in [0.15, 0.2) is 0 Å². The lowest BCUT2D eigenvalue weighted by Crippen LogP contribution is -2.33. The summed E-state index contributed by atoms with van der Waals surface area (Å²) in [6.45, 7) is 35.7. The molecule has 0 bridgehead atoms. The molecule has 3 rings (SSSR count). The molecule has 1 aliphatic heterocycles. The predicted molar refractivity (Wildman–Crippen MR) is 213 cm³/mol. The Hall–Kier alpha value is -3.15. The molecule has 1 N–H and O–H groups in total. The first-order valence-electron chi connectivity index (χ1n) is 18.8. The Morgan fingerprint density at radius 2 is 1.71 bits per heavy atom. The first-order valence-corrected chi connectivity index (χ1v) is 18.8. The lowest BCUT2D eigenvalue weighted by atomic mass is 9.81. The van der Waals surface area contributed by atoms with Crippen LogP contribution in [0.1, 0.15) is 121 Å². The van der Waals surface area contributed by atoms with Gasteiger partial charge in [0.2, 0.25) is 0 Å². The molecule has 1 saturated heterocycles. The monoisotopic (exact) mass is 660 g/mol. The zero-order chi connectivity index (χ0) is 35.9. The van der Waals surface area contributed by atoms with E-state index in [1.165, 1.54) is 44.3 Å². The number of piperidine rings is 1. The predicted octanol–water partition coefficient (Wildman–Crippen LogP) is 11.0. The number of ether oxygens (including phenoxy) is 1. The van der Waals surface area contributed by atoms with Crippen LogP contribution >= 0.6 is 0 Å². The van der Waals surface area contributed by atoms with Crippen LogP contribution < -0.4 is 10.2 Å². The minimum atomic E-state index is -0.154. The summed E-state index contributed by atoms with van der Waals surface area (Å²) < 4.78 is 6.44. The number of hydrogen-bond acceptors (Lipinski definition) is 5. The summed E-state index contributed by atoms with van der Waals surface area (Å²) >= 11 is 0. The van der Waals surface area contributed by atoms with E-state index in [0.717, 1.165) is 60.3 Å². The van der Waals surface area contributed by atoms with Gasteiger partial charge in [0.1, 0.15) is 6.29 Å². The molecule has 0 aliphatic carbocycles. The Morgan fingerprint density at radius 1 is 1.02 bits per heavy atom. The molecule has 1 aliphatic rings. The maximum Gasteiger partial charge on any atom is 0.150 e. The number of para-hydroxylation sites is 1. The minimum Gasteiger partial charge on any atom is -0.383 e.